The second-order valence-electron chi connectivity index (χ2n) is 2.32. The van der Waals surface area contributed by atoms with Crippen LogP contribution < -0.4 is 0 Å². The van der Waals surface area contributed by atoms with Crippen LogP contribution in [0.2, 0.25) is 0 Å². The van der Waals surface area contributed by atoms with Gasteiger partial charge in [0.1, 0.15) is 0 Å². The summed E-state index contributed by atoms with van der Waals surface area (Å²) >= 11 is 5.29. The highest BCUT2D eigenvalue weighted by Crippen LogP contribution is 2.17. The number of thiophene rings is 1. The van der Waals surface area contributed by atoms with Gasteiger partial charge in [0.2, 0.25) is 0 Å². The Labute approximate surface area is 74.4 Å². The van der Waals surface area contributed by atoms with Crippen molar-refractivity contribution in [1.82, 2.24) is 0 Å². The summed E-state index contributed by atoms with van der Waals surface area (Å²) in [4.78, 5) is 1.54. The molecule has 0 bridgehead atoms. The molecule has 0 aromatic carbocycles. The van der Waals surface area contributed by atoms with Crippen molar-refractivity contribution in [3.05, 3.63) is 21.9 Å². The average molecular weight is 219 g/mol. The molecule has 0 nitrogen and oxygen atoms in total. The van der Waals surface area contributed by atoms with Crippen molar-refractivity contribution < 1.29 is 0 Å². The summed E-state index contributed by atoms with van der Waals surface area (Å²) in [6.45, 7) is 2.18. The normalized spacial score (nSPS) is 10.2. The SMILES string of the molecule is Cc1ccsc1CCCBr. The van der Waals surface area contributed by atoms with Crippen LogP contribution in [0.15, 0.2) is 11.4 Å². The first-order valence-electron chi connectivity index (χ1n) is 3.43. The molecular weight excluding hydrogens is 208 g/mol. The molecule has 0 N–H and O–H groups in total. The van der Waals surface area contributed by atoms with Crippen molar-refractivity contribution in [3.8, 4) is 0 Å². The summed E-state index contributed by atoms with van der Waals surface area (Å²) in [6, 6.07) is 2.19. The maximum absolute atomic E-state index is 3.42. The first-order chi connectivity index (χ1) is 4.84. The zero-order chi connectivity index (χ0) is 7.40. The van der Waals surface area contributed by atoms with Crippen LogP contribution in [0.4, 0.5) is 0 Å². The second kappa shape index (κ2) is 4.14. The predicted molar refractivity (Wildman–Crippen MR) is 51.2 cm³/mol. The molecular formula is C8H11BrS. The summed E-state index contributed by atoms with van der Waals surface area (Å²) in [6.07, 6.45) is 2.48. The molecule has 0 radical (unpaired) electrons. The van der Waals surface area contributed by atoms with Gasteiger partial charge in [0.25, 0.3) is 0 Å². The average Bonchev–Trinajstić information content (AvgIpc) is 2.31. The summed E-state index contributed by atoms with van der Waals surface area (Å²) in [5.74, 6) is 0. The number of hydrogen-bond acceptors (Lipinski definition) is 1. The van der Waals surface area contributed by atoms with Crippen LogP contribution in [0, 0.1) is 6.92 Å². The molecule has 0 saturated carbocycles. The standard InChI is InChI=1S/C8H11BrS/c1-7-4-6-10-8(7)3-2-5-9/h4,6H,2-3,5H2,1H3. The van der Waals surface area contributed by atoms with Gasteiger partial charge in [-0.05, 0) is 36.8 Å². The van der Waals surface area contributed by atoms with Gasteiger partial charge in [-0.25, -0.2) is 0 Å². The van der Waals surface area contributed by atoms with Crippen LogP contribution in [0.3, 0.4) is 0 Å². The van der Waals surface area contributed by atoms with E-state index in [2.05, 4.69) is 34.3 Å². The Morgan fingerprint density at radius 3 is 2.90 bits per heavy atom. The van der Waals surface area contributed by atoms with Gasteiger partial charge in [-0.1, -0.05) is 15.9 Å². The molecule has 1 aromatic heterocycles. The zero-order valence-corrected chi connectivity index (χ0v) is 8.46. The van der Waals surface area contributed by atoms with Crippen molar-refractivity contribution in [1.29, 1.82) is 0 Å². The molecule has 10 heavy (non-hydrogen) atoms. The Kier molecular flexibility index (Phi) is 3.43. The Balaban J connectivity index is 2.49. The third-order valence-electron chi connectivity index (χ3n) is 1.51. The second-order valence-corrected chi connectivity index (χ2v) is 4.11. The van der Waals surface area contributed by atoms with E-state index >= 15 is 0 Å². The van der Waals surface area contributed by atoms with E-state index in [1.54, 1.807) is 4.88 Å². The van der Waals surface area contributed by atoms with E-state index in [0.717, 1.165) is 5.33 Å². The molecule has 1 heterocycles. The highest BCUT2D eigenvalue weighted by Gasteiger charge is 1.97. The molecule has 0 spiro atoms. The van der Waals surface area contributed by atoms with Crippen LogP contribution >= 0.6 is 27.3 Å². The third-order valence-corrected chi connectivity index (χ3v) is 3.15. The zero-order valence-electron chi connectivity index (χ0n) is 6.06. The molecule has 0 fully saturated rings. The largest absolute Gasteiger partial charge is 0.149 e. The summed E-state index contributed by atoms with van der Waals surface area (Å²) in [7, 11) is 0. The number of rotatable bonds is 3. The van der Waals surface area contributed by atoms with Gasteiger partial charge in [-0.15, -0.1) is 11.3 Å². The molecule has 1 rings (SSSR count). The summed E-state index contributed by atoms with van der Waals surface area (Å²) < 4.78 is 0. The van der Waals surface area contributed by atoms with Crippen LogP contribution in [-0.2, 0) is 6.42 Å². The Hall–Kier alpha value is 0.180. The van der Waals surface area contributed by atoms with Gasteiger partial charge >= 0.3 is 0 Å². The topological polar surface area (TPSA) is 0 Å². The minimum absolute atomic E-state index is 1.12. The van der Waals surface area contributed by atoms with Crippen molar-refractivity contribution in [2.75, 3.05) is 5.33 Å². The molecule has 0 aliphatic carbocycles. The molecule has 0 unspecified atom stereocenters. The van der Waals surface area contributed by atoms with Crippen LogP contribution in [0.5, 0.6) is 0 Å². The quantitative estimate of drug-likeness (QED) is 0.683. The van der Waals surface area contributed by atoms with E-state index in [-0.39, 0.29) is 0 Å². The smallest absolute Gasteiger partial charge is 0.00746 e. The van der Waals surface area contributed by atoms with E-state index in [4.69, 9.17) is 0 Å². The van der Waals surface area contributed by atoms with E-state index in [0.29, 0.717) is 0 Å². The molecule has 1 aromatic rings. The lowest BCUT2D eigenvalue weighted by molar-refractivity contribution is 0.951. The number of hydrogen-bond donors (Lipinski definition) is 0. The molecule has 2 heteroatoms. The number of aryl methyl sites for hydroxylation is 2. The van der Waals surface area contributed by atoms with Crippen molar-refractivity contribution >= 4 is 27.3 Å². The minimum Gasteiger partial charge on any atom is -0.149 e. The fourth-order valence-corrected chi connectivity index (χ4v) is 2.12. The molecule has 0 atom stereocenters. The number of halogens is 1. The fourth-order valence-electron chi connectivity index (χ4n) is 0.888. The van der Waals surface area contributed by atoms with E-state index < -0.39 is 0 Å². The van der Waals surface area contributed by atoms with Gasteiger partial charge in [-0.2, -0.15) is 0 Å². The van der Waals surface area contributed by atoms with Gasteiger partial charge in [0.15, 0.2) is 0 Å². The Morgan fingerprint density at radius 1 is 1.60 bits per heavy atom. The summed E-state index contributed by atoms with van der Waals surface area (Å²) in [5, 5.41) is 3.28. The van der Waals surface area contributed by atoms with Gasteiger partial charge in [0.05, 0.1) is 0 Å². The van der Waals surface area contributed by atoms with Crippen molar-refractivity contribution in [3.63, 3.8) is 0 Å². The minimum atomic E-state index is 1.12. The first-order valence-corrected chi connectivity index (χ1v) is 5.43. The molecule has 0 aliphatic heterocycles. The number of alkyl halides is 1. The fraction of sp³-hybridized carbons (Fsp3) is 0.500. The van der Waals surface area contributed by atoms with E-state index in [1.165, 1.54) is 18.4 Å². The van der Waals surface area contributed by atoms with Crippen LogP contribution in [-0.4, -0.2) is 5.33 Å². The third kappa shape index (κ3) is 2.10. The van der Waals surface area contributed by atoms with E-state index in [1.807, 2.05) is 11.3 Å². The lowest BCUT2D eigenvalue weighted by atomic mass is 10.2. The van der Waals surface area contributed by atoms with Crippen LogP contribution in [0.25, 0.3) is 0 Å². The molecule has 0 amide bonds. The van der Waals surface area contributed by atoms with Crippen LogP contribution in [0.1, 0.15) is 16.9 Å². The molecule has 0 aliphatic rings. The van der Waals surface area contributed by atoms with E-state index in [9.17, 15) is 0 Å². The van der Waals surface area contributed by atoms with Crippen molar-refractivity contribution in [2.24, 2.45) is 0 Å². The predicted octanol–water partition coefficient (Wildman–Crippen LogP) is 3.38. The van der Waals surface area contributed by atoms with Gasteiger partial charge in [0, 0.05) is 10.2 Å². The Bertz CT molecular complexity index is 193. The first kappa shape index (κ1) is 8.28. The molecule has 0 saturated heterocycles. The summed E-state index contributed by atoms with van der Waals surface area (Å²) in [5.41, 5.74) is 1.45. The van der Waals surface area contributed by atoms with Crippen molar-refractivity contribution in [2.45, 2.75) is 19.8 Å². The van der Waals surface area contributed by atoms with Gasteiger partial charge in [-0.3, -0.25) is 0 Å². The van der Waals surface area contributed by atoms with Gasteiger partial charge < -0.3 is 0 Å². The monoisotopic (exact) mass is 218 g/mol. The Morgan fingerprint density at radius 2 is 2.40 bits per heavy atom. The maximum atomic E-state index is 3.42. The maximum Gasteiger partial charge on any atom is 0.00746 e. The molecule has 56 valence electrons. The highest BCUT2D eigenvalue weighted by molar-refractivity contribution is 9.09. The highest BCUT2D eigenvalue weighted by atomic mass is 79.9. The lowest BCUT2D eigenvalue weighted by Crippen LogP contribution is -1.83. The lowest BCUT2D eigenvalue weighted by Gasteiger charge is -1.94.